The molecule has 27 heavy (non-hydrogen) atoms. The number of nitrogens with zero attached hydrogens (tertiary/aromatic N) is 1. The van der Waals surface area contributed by atoms with E-state index >= 15 is 0 Å². The van der Waals surface area contributed by atoms with Gasteiger partial charge in [0.1, 0.15) is 0 Å². The summed E-state index contributed by atoms with van der Waals surface area (Å²) in [7, 11) is 0. The van der Waals surface area contributed by atoms with Crippen LogP contribution in [0.1, 0.15) is 38.2 Å². The van der Waals surface area contributed by atoms with Crippen LogP contribution in [-0.2, 0) is 16.0 Å². The third kappa shape index (κ3) is 5.09. The maximum Gasteiger partial charge on any atom is 0.246 e. The Morgan fingerprint density at radius 3 is 2.70 bits per heavy atom. The van der Waals surface area contributed by atoms with Gasteiger partial charge in [-0.2, -0.15) is 0 Å². The van der Waals surface area contributed by atoms with Gasteiger partial charge in [0.05, 0.1) is 6.54 Å². The molecule has 3 rings (SSSR count). The average molecular weight is 365 g/mol. The van der Waals surface area contributed by atoms with Crippen molar-refractivity contribution >= 4 is 28.9 Å². The minimum absolute atomic E-state index is 0.0327. The highest BCUT2D eigenvalue weighted by molar-refractivity contribution is 5.98. The van der Waals surface area contributed by atoms with Crippen LogP contribution in [0.5, 0.6) is 0 Å². The van der Waals surface area contributed by atoms with Gasteiger partial charge in [-0.3, -0.25) is 9.59 Å². The van der Waals surface area contributed by atoms with E-state index in [1.54, 1.807) is 0 Å². The molecule has 1 aliphatic heterocycles. The van der Waals surface area contributed by atoms with Crippen LogP contribution in [0.4, 0.5) is 17.1 Å². The van der Waals surface area contributed by atoms with E-state index in [1.807, 2.05) is 47.4 Å². The number of benzene rings is 2. The highest BCUT2D eigenvalue weighted by atomic mass is 16.2. The Balaban J connectivity index is 1.53. The third-order valence-corrected chi connectivity index (χ3v) is 4.79. The number of nitrogens with one attached hydrogen (secondary N) is 2. The zero-order valence-electron chi connectivity index (χ0n) is 15.8. The molecular formula is C22H27N3O2. The van der Waals surface area contributed by atoms with E-state index in [-0.39, 0.29) is 18.4 Å². The first kappa shape index (κ1) is 19.0. The fourth-order valence-corrected chi connectivity index (χ4v) is 3.34. The first-order chi connectivity index (χ1) is 13.2. The zero-order valence-corrected chi connectivity index (χ0v) is 15.8. The normalized spacial score (nSPS) is 12.6. The maximum absolute atomic E-state index is 12.6. The third-order valence-electron chi connectivity index (χ3n) is 4.79. The Bertz CT molecular complexity index is 804. The maximum atomic E-state index is 12.6. The lowest BCUT2D eigenvalue weighted by Gasteiger charge is -2.18. The fraction of sp³-hybridized carbons (Fsp3) is 0.364. The number of carbonyl (C=O) groups excluding carboxylic acids is 2. The molecule has 0 fully saturated rings. The van der Waals surface area contributed by atoms with Crippen LogP contribution in [0, 0.1) is 0 Å². The van der Waals surface area contributed by atoms with E-state index in [0.717, 1.165) is 49.3 Å². The SMILES string of the molecule is CCCCCC(=O)Nc1cccc(NCC(=O)N2CCc3ccccc32)c1. The summed E-state index contributed by atoms with van der Waals surface area (Å²) < 4.78 is 0. The van der Waals surface area contributed by atoms with E-state index in [0.29, 0.717) is 6.42 Å². The summed E-state index contributed by atoms with van der Waals surface area (Å²) >= 11 is 0. The average Bonchev–Trinajstić information content (AvgIpc) is 3.11. The molecule has 2 amide bonds. The van der Waals surface area contributed by atoms with Crippen molar-refractivity contribution in [2.75, 3.05) is 28.6 Å². The van der Waals surface area contributed by atoms with Crippen LogP contribution in [-0.4, -0.2) is 24.9 Å². The standard InChI is InChI=1S/C22H27N3O2/c1-2-3-4-12-21(26)24-19-10-7-9-18(15-19)23-16-22(27)25-14-13-17-8-5-6-11-20(17)25/h5-11,15,23H,2-4,12-14,16H2,1H3,(H,24,26). The van der Waals surface area contributed by atoms with Crippen LogP contribution >= 0.6 is 0 Å². The molecule has 0 saturated carbocycles. The Morgan fingerprint density at radius 2 is 1.85 bits per heavy atom. The summed E-state index contributed by atoms with van der Waals surface area (Å²) in [6.45, 7) is 3.07. The van der Waals surface area contributed by atoms with Crippen molar-refractivity contribution in [2.45, 2.75) is 39.0 Å². The number of amides is 2. The zero-order chi connectivity index (χ0) is 19.1. The van der Waals surface area contributed by atoms with Crippen molar-refractivity contribution < 1.29 is 9.59 Å². The quantitative estimate of drug-likeness (QED) is 0.689. The van der Waals surface area contributed by atoms with E-state index in [9.17, 15) is 9.59 Å². The topological polar surface area (TPSA) is 61.4 Å². The summed E-state index contributed by atoms with van der Waals surface area (Å²) in [5.41, 5.74) is 3.80. The van der Waals surface area contributed by atoms with Gasteiger partial charge in [0, 0.05) is 30.0 Å². The van der Waals surface area contributed by atoms with Crippen LogP contribution in [0.15, 0.2) is 48.5 Å². The molecule has 5 nitrogen and oxygen atoms in total. The molecule has 0 aliphatic carbocycles. The van der Waals surface area contributed by atoms with Gasteiger partial charge in [-0.1, -0.05) is 44.0 Å². The summed E-state index contributed by atoms with van der Waals surface area (Å²) in [6, 6.07) is 15.5. The lowest BCUT2D eigenvalue weighted by atomic mass is 10.2. The first-order valence-corrected chi connectivity index (χ1v) is 9.69. The predicted octanol–water partition coefficient (Wildman–Crippen LogP) is 4.21. The van der Waals surface area contributed by atoms with Crippen LogP contribution in [0.25, 0.3) is 0 Å². The summed E-state index contributed by atoms with van der Waals surface area (Å²) in [5, 5.41) is 6.10. The molecule has 1 aliphatic rings. The number of hydrogen-bond donors (Lipinski definition) is 2. The second-order valence-corrected chi connectivity index (χ2v) is 6.86. The number of hydrogen-bond acceptors (Lipinski definition) is 3. The van der Waals surface area contributed by atoms with Crippen molar-refractivity contribution in [1.82, 2.24) is 0 Å². The summed E-state index contributed by atoms with van der Waals surface area (Å²) in [6.07, 6.45) is 4.52. The molecule has 2 aromatic carbocycles. The molecule has 0 radical (unpaired) electrons. The van der Waals surface area contributed by atoms with Gasteiger partial charge in [-0.25, -0.2) is 0 Å². The minimum atomic E-state index is 0.0327. The molecule has 1 heterocycles. The van der Waals surface area contributed by atoms with E-state index in [2.05, 4.69) is 23.6 Å². The second-order valence-electron chi connectivity index (χ2n) is 6.86. The minimum Gasteiger partial charge on any atom is -0.376 e. The molecular weight excluding hydrogens is 338 g/mol. The molecule has 0 unspecified atom stereocenters. The van der Waals surface area contributed by atoms with Gasteiger partial charge in [0.25, 0.3) is 0 Å². The highest BCUT2D eigenvalue weighted by Crippen LogP contribution is 2.27. The predicted molar refractivity (Wildman–Crippen MR) is 110 cm³/mol. The number of carbonyl (C=O) groups is 2. The Morgan fingerprint density at radius 1 is 1.04 bits per heavy atom. The highest BCUT2D eigenvalue weighted by Gasteiger charge is 2.23. The summed E-state index contributed by atoms with van der Waals surface area (Å²) in [4.78, 5) is 26.4. The molecule has 0 bridgehead atoms. The fourth-order valence-electron chi connectivity index (χ4n) is 3.34. The number of rotatable bonds is 8. The van der Waals surface area contributed by atoms with Crippen molar-refractivity contribution in [3.05, 3.63) is 54.1 Å². The number of fused-ring (bicyclic) bond motifs is 1. The van der Waals surface area contributed by atoms with Gasteiger partial charge < -0.3 is 15.5 Å². The van der Waals surface area contributed by atoms with Gasteiger partial charge in [-0.05, 0) is 42.7 Å². The molecule has 142 valence electrons. The van der Waals surface area contributed by atoms with Crippen molar-refractivity contribution in [3.8, 4) is 0 Å². The molecule has 0 saturated heterocycles. The van der Waals surface area contributed by atoms with Gasteiger partial charge >= 0.3 is 0 Å². The number of unbranched alkanes of at least 4 members (excludes halogenated alkanes) is 2. The largest absolute Gasteiger partial charge is 0.376 e. The van der Waals surface area contributed by atoms with Crippen LogP contribution in [0.2, 0.25) is 0 Å². The molecule has 2 aromatic rings. The molecule has 5 heteroatoms. The molecule has 0 aromatic heterocycles. The van der Waals surface area contributed by atoms with Gasteiger partial charge in [0.15, 0.2) is 0 Å². The monoisotopic (exact) mass is 365 g/mol. The lowest BCUT2D eigenvalue weighted by molar-refractivity contribution is -0.117. The van der Waals surface area contributed by atoms with Crippen LogP contribution in [0.3, 0.4) is 0 Å². The first-order valence-electron chi connectivity index (χ1n) is 9.69. The Kier molecular flexibility index (Phi) is 6.47. The Hall–Kier alpha value is -2.82. The smallest absolute Gasteiger partial charge is 0.246 e. The number of anilines is 3. The number of para-hydroxylation sites is 1. The van der Waals surface area contributed by atoms with Gasteiger partial charge in [0.2, 0.25) is 11.8 Å². The molecule has 0 spiro atoms. The molecule has 2 N–H and O–H groups in total. The lowest BCUT2D eigenvalue weighted by Crippen LogP contribution is -2.34. The van der Waals surface area contributed by atoms with Crippen molar-refractivity contribution in [1.29, 1.82) is 0 Å². The molecule has 0 atom stereocenters. The van der Waals surface area contributed by atoms with E-state index < -0.39 is 0 Å². The van der Waals surface area contributed by atoms with E-state index in [1.165, 1.54) is 5.56 Å². The van der Waals surface area contributed by atoms with Crippen molar-refractivity contribution in [2.24, 2.45) is 0 Å². The Labute approximate surface area is 160 Å². The van der Waals surface area contributed by atoms with E-state index in [4.69, 9.17) is 0 Å². The van der Waals surface area contributed by atoms with Crippen molar-refractivity contribution in [3.63, 3.8) is 0 Å². The van der Waals surface area contributed by atoms with Gasteiger partial charge in [-0.15, -0.1) is 0 Å². The second kappa shape index (κ2) is 9.21. The van der Waals surface area contributed by atoms with Crippen LogP contribution < -0.4 is 15.5 Å². The summed E-state index contributed by atoms with van der Waals surface area (Å²) in [5.74, 6) is 0.0827.